The maximum Gasteiger partial charge on any atom is 0.137 e. The molecule has 6 aliphatic carbocycles. The number of aryl methyl sites for hydroxylation is 1. The van der Waals surface area contributed by atoms with Gasteiger partial charge >= 0.3 is 0 Å². The first kappa shape index (κ1) is 34.6. The van der Waals surface area contributed by atoms with Crippen LogP contribution in [0.3, 0.4) is 0 Å². The minimum Gasteiger partial charge on any atom is -0.457 e. The highest BCUT2D eigenvalue weighted by Gasteiger charge is 2.49. The van der Waals surface area contributed by atoms with E-state index in [1.807, 2.05) is 43.3 Å². The van der Waals surface area contributed by atoms with Crippen LogP contribution in [0.15, 0.2) is 224 Å². The van der Waals surface area contributed by atoms with Crippen LogP contribution >= 0.6 is 0 Å². The molecule has 7 aliphatic rings. The molecule has 70 heavy (non-hydrogen) atoms. The van der Waals surface area contributed by atoms with Gasteiger partial charge in [0, 0.05) is 69.7 Å². The van der Waals surface area contributed by atoms with Gasteiger partial charge in [-0.15, -0.1) is 0 Å². The smallest absolute Gasteiger partial charge is 0.137 e. The monoisotopic (exact) mass is 903 g/mol. The quantitative estimate of drug-likeness (QED) is 0.166. The maximum absolute atomic E-state index is 8.63. The van der Waals surface area contributed by atoms with E-state index in [4.69, 9.17) is 16.6 Å². The predicted octanol–water partition coefficient (Wildman–Crippen LogP) is 16.1. The van der Waals surface area contributed by atoms with Gasteiger partial charge in [-0.25, -0.2) is 4.98 Å². The molecule has 1 aliphatic heterocycles. The second-order valence-electron chi connectivity index (χ2n) is 19.1. The molecule has 11 aromatic rings. The van der Waals surface area contributed by atoms with Crippen LogP contribution in [0, 0.1) is 6.92 Å². The predicted molar refractivity (Wildman–Crippen MR) is 284 cm³/mol. The van der Waals surface area contributed by atoms with E-state index in [-0.39, 0.29) is 53.4 Å². The first-order chi connectivity index (χ1) is 36.7. The number of fused-ring (bicyclic) bond motifs is 4. The Hall–Kier alpha value is -8.67. The minimum atomic E-state index is -0.421. The summed E-state index contributed by atoms with van der Waals surface area (Å²) in [4.78, 5) is 9.72. The Morgan fingerprint density at radius 1 is 0.471 bits per heavy atom. The minimum absolute atomic E-state index is 0.135. The molecule has 18 rings (SSSR count). The summed E-state index contributed by atoms with van der Waals surface area (Å²) in [6.45, 7) is 2.51. The Bertz CT molecular complexity index is 4170. The molecule has 0 saturated carbocycles. The number of ether oxygens (including phenoxy) is 1. The van der Waals surface area contributed by atoms with Crippen LogP contribution in [0.2, 0.25) is 0 Å². The van der Waals surface area contributed by atoms with Gasteiger partial charge in [0.25, 0.3) is 0 Å². The van der Waals surface area contributed by atoms with E-state index in [0.717, 1.165) is 44.4 Å². The Morgan fingerprint density at radius 2 is 1.01 bits per heavy atom. The fourth-order valence-corrected chi connectivity index (χ4v) is 12.7. The van der Waals surface area contributed by atoms with E-state index in [1.54, 1.807) is 6.20 Å². The zero-order valence-electron chi connectivity index (χ0n) is 43.2. The summed E-state index contributed by atoms with van der Waals surface area (Å²) in [6, 6.07) is 66.6. The molecule has 2 aromatic heterocycles. The van der Waals surface area contributed by atoms with Crippen LogP contribution in [0.25, 0.3) is 38.8 Å². The molecule has 5 heteroatoms. The van der Waals surface area contributed by atoms with Gasteiger partial charge in [0.2, 0.25) is 0 Å². The van der Waals surface area contributed by atoms with Crippen molar-refractivity contribution in [2.75, 3.05) is 16.5 Å². The van der Waals surface area contributed by atoms with Crippen LogP contribution in [0.1, 0.15) is 80.6 Å². The average Bonchev–Trinajstić information content (AvgIpc) is 3.99. The van der Waals surface area contributed by atoms with E-state index in [9.17, 15) is 0 Å². The number of nitrogens with zero attached hydrogens (tertiary/aromatic N) is 4. The van der Waals surface area contributed by atoms with E-state index >= 15 is 0 Å². The van der Waals surface area contributed by atoms with Crippen LogP contribution in [0.4, 0.5) is 22.7 Å². The van der Waals surface area contributed by atoms with Crippen LogP contribution in [-0.4, -0.2) is 16.2 Å². The first-order valence-corrected chi connectivity index (χ1v) is 24.1. The molecule has 0 amide bonds. The largest absolute Gasteiger partial charge is 0.457 e. The molecule has 9 aromatic carbocycles. The summed E-state index contributed by atoms with van der Waals surface area (Å²) in [5.74, 6) is 2.77. The van der Waals surface area contributed by atoms with Gasteiger partial charge in [-0.3, -0.25) is 4.57 Å². The summed E-state index contributed by atoms with van der Waals surface area (Å²) in [6.07, 6.45) is 1.61. The van der Waals surface area contributed by atoms with Crippen molar-refractivity contribution in [3.05, 3.63) is 275 Å². The molecule has 0 fully saturated rings. The van der Waals surface area contributed by atoms with Gasteiger partial charge in [0.15, 0.2) is 0 Å². The molecule has 332 valence electrons. The van der Waals surface area contributed by atoms with Gasteiger partial charge in [-0.1, -0.05) is 145 Å². The molecule has 2 unspecified atom stereocenters. The third kappa shape index (κ3) is 5.75. The number of anilines is 4. The second kappa shape index (κ2) is 15.2. The molecule has 0 saturated heterocycles. The molecule has 4 bridgehead atoms. The highest BCUT2D eigenvalue weighted by atomic mass is 16.5. The summed E-state index contributed by atoms with van der Waals surface area (Å²) in [5, 5.41) is 2.08. The normalized spacial score (nSPS) is 19.0. The third-order valence-corrected chi connectivity index (χ3v) is 15.6. The second-order valence-corrected chi connectivity index (χ2v) is 19.1. The van der Waals surface area contributed by atoms with Gasteiger partial charge < -0.3 is 14.5 Å². The van der Waals surface area contributed by atoms with E-state index in [1.165, 1.54) is 50.2 Å². The van der Waals surface area contributed by atoms with Crippen molar-refractivity contribution in [2.45, 2.75) is 30.6 Å². The molecular weight excluding hydrogens is 853 g/mol. The zero-order chi connectivity index (χ0) is 50.4. The van der Waals surface area contributed by atoms with Gasteiger partial charge in [0.05, 0.1) is 29.3 Å². The summed E-state index contributed by atoms with van der Waals surface area (Å²) < 4.78 is 50.8. The highest BCUT2D eigenvalue weighted by Crippen LogP contribution is 2.64. The Labute approximate surface area is 414 Å². The van der Waals surface area contributed by atoms with Crippen molar-refractivity contribution in [1.82, 2.24) is 9.55 Å². The van der Waals surface area contributed by atoms with E-state index in [2.05, 4.69) is 166 Å². The van der Waals surface area contributed by atoms with Gasteiger partial charge in [-0.2, -0.15) is 0 Å². The average molecular weight is 904 g/mol. The van der Waals surface area contributed by atoms with Crippen molar-refractivity contribution >= 4 is 44.6 Å². The molecule has 0 radical (unpaired) electrons. The lowest BCUT2D eigenvalue weighted by atomic mass is 9.53. The fourth-order valence-electron chi connectivity index (χ4n) is 12.7. The summed E-state index contributed by atoms with van der Waals surface area (Å²) in [5.41, 5.74) is 19.3. The number of aromatic nitrogens is 2. The summed E-state index contributed by atoms with van der Waals surface area (Å²) >= 11 is 0. The molecular formula is C65H46N4O. The number of rotatable bonds is 6. The van der Waals surface area contributed by atoms with E-state index in [0.29, 0.717) is 29.5 Å². The number of para-hydroxylation sites is 3. The maximum atomic E-state index is 8.63. The molecule has 0 spiro atoms. The van der Waals surface area contributed by atoms with E-state index < -0.39 is 6.04 Å². The number of pyridine rings is 1. The third-order valence-electron chi connectivity index (χ3n) is 15.6. The van der Waals surface area contributed by atoms with Crippen molar-refractivity contribution in [3.8, 4) is 28.4 Å². The standard InChI is InChI=1S/C65H46N4O/c1-40-34-61(66-38-56(40)41-16-3-2-4-17-41)69-57-27-12-11-20-46(57)47-33-31-45(37-60(47)69)70-44-19-15-18-42(35-44)67-39-68(59-29-14-13-28-58(59)67)43-30-32-54-55(36-43)65-53-26-10-9-25-52(53)64(54)62-48-21-5-7-23-50(48)63(65)51-24-8-6-22-49(51)62/h2-38,62-65H,39H2,1H3/i2D,3D,4D,16D,17D. The van der Waals surface area contributed by atoms with Crippen molar-refractivity contribution in [2.24, 2.45) is 0 Å². The number of benzene rings is 9. The Kier molecular flexibility index (Phi) is 7.50. The van der Waals surface area contributed by atoms with Gasteiger partial charge in [-0.05, 0) is 123 Å². The lowest BCUT2D eigenvalue weighted by Gasteiger charge is -2.50. The lowest BCUT2D eigenvalue weighted by molar-refractivity contribution is 0.483. The topological polar surface area (TPSA) is 33.5 Å². The molecule has 2 atom stereocenters. The number of hydrogen-bond acceptors (Lipinski definition) is 4. The SMILES string of the molecule is [2H]c1c([2H])c([2H])c(-c2cnc(-n3c4ccccc4c4ccc(Oc5cccc(N6CN(c7ccc8c(c7)C7c9ccccc9C8C8c9ccccc9C7c7ccccc78)c7ccccc76)c5)cc43)cc2C)c([2H])c1[2H]. The fraction of sp³-hybridized carbons (Fsp3) is 0.0923. The van der Waals surface area contributed by atoms with Crippen molar-refractivity contribution in [3.63, 3.8) is 0 Å². The van der Waals surface area contributed by atoms with Crippen LogP contribution in [0.5, 0.6) is 11.5 Å². The number of hydrogen-bond donors (Lipinski definition) is 0. The van der Waals surface area contributed by atoms with Gasteiger partial charge in [0.1, 0.15) is 24.0 Å². The van der Waals surface area contributed by atoms with Crippen LogP contribution < -0.4 is 14.5 Å². The zero-order valence-corrected chi connectivity index (χ0v) is 38.2. The van der Waals surface area contributed by atoms with Crippen LogP contribution in [-0.2, 0) is 0 Å². The molecule has 3 heterocycles. The summed E-state index contributed by atoms with van der Waals surface area (Å²) in [7, 11) is 0. The Morgan fingerprint density at radius 3 is 1.66 bits per heavy atom. The molecule has 5 nitrogen and oxygen atoms in total. The first-order valence-electron chi connectivity index (χ1n) is 26.6. The lowest BCUT2D eigenvalue weighted by Crippen LogP contribution is -2.36. The molecule has 0 N–H and O–H groups in total. The van der Waals surface area contributed by atoms with Crippen molar-refractivity contribution in [1.29, 1.82) is 0 Å². The Balaban J connectivity index is 0.773. The van der Waals surface area contributed by atoms with Crippen molar-refractivity contribution < 1.29 is 11.6 Å². The highest BCUT2D eigenvalue weighted by molar-refractivity contribution is 6.09.